The number of hydrogen-bond donors (Lipinski definition) is 2. The van der Waals surface area contributed by atoms with E-state index < -0.39 is 46.1 Å². The summed E-state index contributed by atoms with van der Waals surface area (Å²) in [6.07, 6.45) is 4.94. The number of rotatable bonds is 4. The average Bonchev–Trinajstić information content (AvgIpc) is 3.57. The van der Waals surface area contributed by atoms with E-state index in [1.807, 2.05) is 0 Å². The smallest absolute Gasteiger partial charge is 0.545 e. The molecule has 5 heterocycles. The van der Waals surface area contributed by atoms with Gasteiger partial charge in [0.2, 0.25) is 0 Å². The van der Waals surface area contributed by atoms with Crippen LogP contribution in [0.4, 0.5) is 0 Å². The molecule has 2 aliphatic heterocycles. The van der Waals surface area contributed by atoms with Crippen LogP contribution in [0.25, 0.3) is 46.4 Å². The van der Waals surface area contributed by atoms with Gasteiger partial charge in [-0.3, -0.25) is 0 Å². The predicted octanol–water partition coefficient (Wildman–Crippen LogP) is -1.89. The van der Waals surface area contributed by atoms with Crippen LogP contribution < -0.4 is 20.4 Å². The predicted molar refractivity (Wildman–Crippen MR) is 116 cm³/mol. The van der Waals surface area contributed by atoms with Crippen LogP contribution in [0.5, 0.6) is 0 Å². The molecule has 13 heteroatoms. The van der Waals surface area contributed by atoms with Gasteiger partial charge < -0.3 is 49.6 Å². The van der Waals surface area contributed by atoms with Crippen molar-refractivity contribution in [3.8, 4) is 0 Å². The summed E-state index contributed by atoms with van der Waals surface area (Å²) in [7, 11) is 0. The third kappa shape index (κ3) is 4.24. The molecule has 37 heavy (non-hydrogen) atoms. The van der Waals surface area contributed by atoms with E-state index in [9.17, 15) is 39.6 Å². The Balaban J connectivity index is 0.00000320. The third-order valence-electron chi connectivity index (χ3n) is 5.57. The largest absolute Gasteiger partial charge is 4.00 e. The van der Waals surface area contributed by atoms with Crippen molar-refractivity contribution in [1.29, 1.82) is 0 Å². The van der Waals surface area contributed by atoms with Crippen LogP contribution in [-0.2, 0) is 21.7 Å². The van der Waals surface area contributed by atoms with Gasteiger partial charge in [-0.15, -0.1) is 0 Å². The number of aromatic amines is 2. The molecule has 0 amide bonds. The molecule has 0 fully saturated rings. The maximum atomic E-state index is 12.0. The molecule has 12 nitrogen and oxygen atoms in total. The summed E-state index contributed by atoms with van der Waals surface area (Å²) in [6.45, 7) is 0. The molecule has 0 radical (unpaired) electrons. The molecule has 0 saturated carbocycles. The summed E-state index contributed by atoms with van der Waals surface area (Å²) in [4.78, 5) is 61.4. The monoisotopic (exact) mass is 530 g/mol. The van der Waals surface area contributed by atoms with Crippen molar-refractivity contribution in [2.45, 2.75) is 0 Å². The van der Waals surface area contributed by atoms with E-state index in [4.69, 9.17) is 0 Å². The fourth-order valence-corrected chi connectivity index (χ4v) is 4.06. The molecule has 0 aliphatic carbocycles. The van der Waals surface area contributed by atoms with Crippen molar-refractivity contribution in [1.82, 2.24) is 19.9 Å². The summed E-state index contributed by atoms with van der Waals surface area (Å²) in [6, 6.07) is 5.05. The Morgan fingerprint density at radius 2 is 0.703 bits per heavy atom. The number of hydrogen-bond acceptors (Lipinski definition) is 10. The summed E-state index contributed by atoms with van der Waals surface area (Å²) in [5, 5.41) is 47.9. The second kappa shape index (κ2) is 9.34. The Morgan fingerprint density at radius 1 is 0.486 bits per heavy atom. The van der Waals surface area contributed by atoms with Gasteiger partial charge in [0.1, 0.15) is 0 Å². The molecule has 3 aromatic heterocycles. The van der Waals surface area contributed by atoms with Gasteiger partial charge in [-0.1, -0.05) is 0 Å². The Bertz CT molecular complexity index is 1520. The second-order valence-electron chi connectivity index (χ2n) is 7.65. The number of carboxylic acids is 4. The van der Waals surface area contributed by atoms with E-state index >= 15 is 0 Å². The number of carbonyl (C=O) groups excluding carboxylic acids is 4. The van der Waals surface area contributed by atoms with E-state index in [1.165, 1.54) is 48.6 Å². The molecule has 2 aliphatic rings. The van der Waals surface area contributed by atoms with E-state index in [0.717, 1.165) is 0 Å². The number of nitrogens with zero attached hydrogens (tertiary/aromatic N) is 2. The maximum Gasteiger partial charge on any atom is 4.00 e. The summed E-state index contributed by atoms with van der Waals surface area (Å²) in [5.41, 5.74) is -2.95. The summed E-state index contributed by atoms with van der Waals surface area (Å²) in [5.74, 6) is -6.65. The Morgan fingerprint density at radius 3 is 0.892 bits per heavy atom. The van der Waals surface area contributed by atoms with E-state index in [0.29, 0.717) is 0 Å². The SMILES string of the molecule is O=C([O-])c1c2nc(c(C(=O)[O-])c3ccc([nH]3)c(C(=O)[O-])c3nc(c(C(=O)[O-])c4ccc1[nH]4)C=C3)C=C2.[Ti+4]. The zero-order valence-electron chi connectivity index (χ0n) is 18.3. The molecule has 8 bridgehead atoms. The Labute approximate surface area is 220 Å². The van der Waals surface area contributed by atoms with Crippen LogP contribution >= 0.6 is 0 Å². The first kappa shape index (κ1) is 25.3. The first-order valence-corrected chi connectivity index (χ1v) is 10.2. The van der Waals surface area contributed by atoms with Gasteiger partial charge in [0, 0.05) is 44.3 Å². The summed E-state index contributed by atoms with van der Waals surface area (Å²) >= 11 is 0. The molecular weight excluding hydrogens is 520 g/mol. The van der Waals surface area contributed by atoms with Crippen molar-refractivity contribution in [3.05, 3.63) is 69.3 Å². The van der Waals surface area contributed by atoms with Gasteiger partial charge in [0.25, 0.3) is 0 Å². The zero-order chi connectivity index (χ0) is 25.7. The van der Waals surface area contributed by atoms with Crippen LogP contribution in [0.3, 0.4) is 0 Å². The average molecular weight is 530 g/mol. The third-order valence-corrected chi connectivity index (χ3v) is 5.57. The topological polar surface area (TPSA) is 218 Å². The summed E-state index contributed by atoms with van der Waals surface area (Å²) < 4.78 is 0. The number of carbonyl (C=O) groups is 4. The van der Waals surface area contributed by atoms with Gasteiger partial charge in [0.05, 0.1) is 46.7 Å². The number of nitrogens with one attached hydrogen (secondary N) is 2. The normalized spacial score (nSPS) is 11.7. The quantitative estimate of drug-likeness (QED) is 0.246. The zero-order valence-corrected chi connectivity index (χ0v) is 19.8. The van der Waals surface area contributed by atoms with Crippen LogP contribution in [-0.4, -0.2) is 43.8 Å². The molecule has 0 unspecified atom stereocenters. The minimum atomic E-state index is -1.66. The Kier molecular flexibility index (Phi) is 6.38. The van der Waals surface area contributed by atoms with Gasteiger partial charge in [-0.25, -0.2) is 9.97 Å². The number of fused-ring (bicyclic) bond motifs is 8. The van der Waals surface area contributed by atoms with Crippen molar-refractivity contribution >= 4 is 70.2 Å². The molecule has 178 valence electrons. The molecule has 0 spiro atoms. The molecule has 5 rings (SSSR count). The van der Waals surface area contributed by atoms with Crippen LogP contribution in [0, 0.1) is 0 Å². The maximum absolute atomic E-state index is 12.0. The number of aromatic carboxylic acids is 4. The second-order valence-corrected chi connectivity index (χ2v) is 7.65. The number of aromatic nitrogens is 4. The molecule has 3 aromatic rings. The standard InChI is InChI=1S/C24H14N4O8.Ti/c29-21(30)17-9-1-2-10(25-9)18(22(31)32)12-5-6-14(27-12)20(24(35)36)16-8-7-15(28-16)19(23(33)34)13-4-3-11(17)26-13;/h1-8,25,28H,(H,29,30)(H,31,32)(H,33,34)(H,35,36);/q;+4/p-4. The van der Waals surface area contributed by atoms with Crippen molar-refractivity contribution in [3.63, 3.8) is 0 Å². The minimum Gasteiger partial charge on any atom is -0.545 e. The van der Waals surface area contributed by atoms with Crippen LogP contribution in [0.15, 0.2) is 24.3 Å². The van der Waals surface area contributed by atoms with Gasteiger partial charge in [-0.2, -0.15) is 0 Å². The first-order chi connectivity index (χ1) is 17.2. The fraction of sp³-hybridized carbons (Fsp3) is 0. The van der Waals surface area contributed by atoms with Crippen LogP contribution in [0.2, 0.25) is 0 Å². The minimum absolute atomic E-state index is 0. The van der Waals surface area contributed by atoms with Crippen molar-refractivity contribution < 1.29 is 61.3 Å². The molecule has 2 N–H and O–H groups in total. The number of carboxylic acid groups (broad SMARTS) is 4. The molecule has 0 atom stereocenters. The van der Waals surface area contributed by atoms with Gasteiger partial charge >= 0.3 is 21.7 Å². The first-order valence-electron chi connectivity index (χ1n) is 10.2. The molecule has 0 aromatic carbocycles. The van der Waals surface area contributed by atoms with Crippen molar-refractivity contribution in [2.24, 2.45) is 0 Å². The van der Waals surface area contributed by atoms with Crippen LogP contribution in [0.1, 0.15) is 64.2 Å². The van der Waals surface area contributed by atoms with E-state index in [1.54, 1.807) is 0 Å². The van der Waals surface area contributed by atoms with E-state index in [-0.39, 0.29) is 66.6 Å². The molecular formula is C24H10N4O8Ti. The van der Waals surface area contributed by atoms with Crippen molar-refractivity contribution in [2.75, 3.05) is 0 Å². The van der Waals surface area contributed by atoms with E-state index in [2.05, 4.69) is 19.9 Å². The number of H-pyrrole nitrogens is 2. The Hall–Kier alpha value is -4.81. The molecule has 0 saturated heterocycles. The van der Waals surface area contributed by atoms with Gasteiger partial charge in [0.15, 0.2) is 0 Å². The van der Waals surface area contributed by atoms with Gasteiger partial charge in [-0.05, 0) is 48.6 Å². The fourth-order valence-electron chi connectivity index (χ4n) is 4.06.